The maximum atomic E-state index is 12.5. The van der Waals surface area contributed by atoms with Crippen LogP contribution >= 0.6 is 11.8 Å². The molecule has 25 heavy (non-hydrogen) atoms. The molecule has 0 aliphatic heterocycles. The highest BCUT2D eigenvalue weighted by atomic mass is 32.2. The van der Waals surface area contributed by atoms with E-state index in [2.05, 4.69) is 15.1 Å². The van der Waals surface area contributed by atoms with Gasteiger partial charge in [0, 0.05) is 26.2 Å². The lowest BCUT2D eigenvalue weighted by Gasteiger charge is -2.18. The number of ether oxygens (including phenoxy) is 1. The average Bonchev–Trinajstić information content (AvgIpc) is 3.02. The Bertz CT molecular complexity index is 896. The number of fused-ring (bicyclic) bond motifs is 1. The van der Waals surface area contributed by atoms with Crippen LogP contribution in [0.5, 0.6) is 5.75 Å². The van der Waals surface area contributed by atoms with Crippen molar-refractivity contribution in [3.8, 4) is 5.75 Å². The maximum Gasteiger partial charge on any atom is 0.233 e. The minimum atomic E-state index is 0.0200. The third kappa shape index (κ3) is 3.74. The molecule has 0 N–H and O–H groups in total. The topological polar surface area (TPSA) is 73.1 Å². The highest BCUT2D eigenvalue weighted by molar-refractivity contribution is 8.00. The lowest BCUT2D eigenvalue weighted by atomic mass is 10.2. The zero-order valence-corrected chi connectivity index (χ0v) is 15.2. The molecule has 3 aromatic rings. The number of aryl methyl sites for hydroxylation is 1. The summed E-state index contributed by atoms with van der Waals surface area (Å²) in [4.78, 5) is 22.6. The van der Waals surface area contributed by atoms with Crippen LogP contribution in [-0.2, 0) is 18.4 Å². The van der Waals surface area contributed by atoms with E-state index in [0.717, 1.165) is 27.4 Å². The molecule has 2 heterocycles. The Balaban J connectivity index is 1.65. The molecule has 0 spiro atoms. The maximum absolute atomic E-state index is 12.5. The summed E-state index contributed by atoms with van der Waals surface area (Å²) in [6.07, 6.45) is 3.22. The summed E-state index contributed by atoms with van der Waals surface area (Å²) in [5, 5.41) is 5.80. The third-order valence-corrected chi connectivity index (χ3v) is 4.84. The van der Waals surface area contributed by atoms with Crippen molar-refractivity contribution in [2.45, 2.75) is 11.6 Å². The first-order valence-electron chi connectivity index (χ1n) is 7.71. The van der Waals surface area contributed by atoms with Crippen molar-refractivity contribution in [2.75, 3.05) is 19.9 Å². The van der Waals surface area contributed by atoms with Crippen molar-refractivity contribution in [3.05, 3.63) is 42.4 Å². The number of nitrogens with zero attached hydrogens (tertiary/aromatic N) is 5. The summed E-state index contributed by atoms with van der Waals surface area (Å²) >= 11 is 1.39. The van der Waals surface area contributed by atoms with E-state index >= 15 is 0 Å². The zero-order chi connectivity index (χ0) is 17.8. The fourth-order valence-corrected chi connectivity index (χ4v) is 3.37. The predicted molar refractivity (Wildman–Crippen MR) is 96.5 cm³/mol. The van der Waals surface area contributed by atoms with Crippen LogP contribution in [-0.4, -0.2) is 50.5 Å². The van der Waals surface area contributed by atoms with E-state index in [1.165, 1.54) is 18.1 Å². The van der Waals surface area contributed by atoms with Crippen molar-refractivity contribution < 1.29 is 9.53 Å². The molecule has 0 aliphatic rings. The van der Waals surface area contributed by atoms with Crippen LogP contribution in [0.2, 0.25) is 0 Å². The minimum Gasteiger partial charge on any atom is -0.496 e. The van der Waals surface area contributed by atoms with Gasteiger partial charge in [0.1, 0.15) is 17.1 Å². The number of methoxy groups -OCH3 is 1. The third-order valence-electron chi connectivity index (χ3n) is 3.85. The molecule has 0 aliphatic carbocycles. The Morgan fingerprint density at radius 2 is 2.12 bits per heavy atom. The van der Waals surface area contributed by atoms with Crippen molar-refractivity contribution >= 4 is 28.7 Å². The minimum absolute atomic E-state index is 0.0200. The largest absolute Gasteiger partial charge is 0.496 e. The quantitative estimate of drug-likeness (QED) is 0.497. The second-order valence-corrected chi connectivity index (χ2v) is 6.50. The lowest BCUT2D eigenvalue weighted by Crippen LogP contribution is -2.28. The number of carbonyl (C=O) groups excluding carboxylic acids is 1. The van der Waals surface area contributed by atoms with Crippen molar-refractivity contribution in [3.63, 3.8) is 0 Å². The van der Waals surface area contributed by atoms with E-state index in [1.54, 1.807) is 29.9 Å². The second kappa shape index (κ2) is 7.52. The van der Waals surface area contributed by atoms with E-state index in [-0.39, 0.29) is 5.91 Å². The fraction of sp³-hybridized carbons (Fsp3) is 0.294. The van der Waals surface area contributed by atoms with Gasteiger partial charge in [0.05, 0.1) is 24.4 Å². The van der Waals surface area contributed by atoms with Crippen LogP contribution in [0.15, 0.2) is 41.8 Å². The van der Waals surface area contributed by atoms with E-state index in [0.29, 0.717) is 12.3 Å². The van der Waals surface area contributed by atoms with Gasteiger partial charge in [-0.25, -0.2) is 9.97 Å². The van der Waals surface area contributed by atoms with E-state index in [9.17, 15) is 4.79 Å². The number of aromatic nitrogens is 4. The first-order valence-corrected chi connectivity index (χ1v) is 8.70. The summed E-state index contributed by atoms with van der Waals surface area (Å²) in [6, 6.07) is 7.70. The van der Waals surface area contributed by atoms with Gasteiger partial charge in [0.15, 0.2) is 5.65 Å². The predicted octanol–water partition coefficient (Wildman–Crippen LogP) is 2.12. The molecule has 1 aromatic carbocycles. The number of amides is 1. The Hall–Kier alpha value is -2.61. The molecule has 0 bridgehead atoms. The monoisotopic (exact) mass is 357 g/mol. The van der Waals surface area contributed by atoms with Crippen molar-refractivity contribution in [1.29, 1.82) is 0 Å². The number of hydrogen-bond donors (Lipinski definition) is 0. The van der Waals surface area contributed by atoms with Crippen LogP contribution in [0.25, 0.3) is 11.0 Å². The van der Waals surface area contributed by atoms with Gasteiger partial charge in [-0.05, 0) is 6.07 Å². The Morgan fingerprint density at radius 1 is 1.32 bits per heavy atom. The molecule has 0 unspecified atom stereocenters. The number of benzene rings is 1. The number of hydrogen-bond acceptors (Lipinski definition) is 6. The molecule has 7 nitrogen and oxygen atoms in total. The van der Waals surface area contributed by atoms with Gasteiger partial charge in [-0.15, -0.1) is 0 Å². The van der Waals surface area contributed by atoms with Crippen LogP contribution in [0, 0.1) is 0 Å². The normalized spacial score (nSPS) is 10.8. The molecule has 1 amide bonds. The molecule has 3 rings (SSSR count). The number of thioether (sulfide) groups is 1. The fourth-order valence-electron chi connectivity index (χ4n) is 2.47. The van der Waals surface area contributed by atoms with Crippen LogP contribution in [0.4, 0.5) is 0 Å². The molecule has 2 aromatic heterocycles. The van der Waals surface area contributed by atoms with Gasteiger partial charge in [-0.3, -0.25) is 9.48 Å². The van der Waals surface area contributed by atoms with Gasteiger partial charge in [0.2, 0.25) is 5.91 Å². The lowest BCUT2D eigenvalue weighted by molar-refractivity contribution is -0.127. The molecule has 0 atom stereocenters. The Labute approximate surface area is 150 Å². The zero-order valence-electron chi connectivity index (χ0n) is 14.3. The van der Waals surface area contributed by atoms with Gasteiger partial charge in [-0.2, -0.15) is 5.10 Å². The van der Waals surface area contributed by atoms with Crippen LogP contribution in [0.1, 0.15) is 5.56 Å². The summed E-state index contributed by atoms with van der Waals surface area (Å²) < 4.78 is 7.03. The number of para-hydroxylation sites is 1. The van der Waals surface area contributed by atoms with Gasteiger partial charge >= 0.3 is 0 Å². The standard InChI is InChI=1S/C17H19N5O2S/c1-21(9-12-6-4-5-7-14(12)24-3)15(23)10-25-17-13-8-20-22(2)16(13)18-11-19-17/h4-8,11H,9-10H2,1-3H3. The Kier molecular flexibility index (Phi) is 5.18. The molecule has 0 saturated heterocycles. The molecule has 130 valence electrons. The van der Waals surface area contributed by atoms with Gasteiger partial charge < -0.3 is 9.64 Å². The SMILES string of the molecule is COc1ccccc1CN(C)C(=O)CSc1ncnc2c1cnn2C. The summed E-state index contributed by atoms with van der Waals surface area (Å²) in [6.45, 7) is 0.496. The molecule has 0 radical (unpaired) electrons. The number of carbonyl (C=O) groups is 1. The molecule has 0 saturated carbocycles. The van der Waals surface area contributed by atoms with E-state index < -0.39 is 0 Å². The molecular weight excluding hydrogens is 338 g/mol. The summed E-state index contributed by atoms with van der Waals surface area (Å²) in [7, 11) is 5.25. The summed E-state index contributed by atoms with van der Waals surface area (Å²) in [5.41, 5.74) is 1.73. The van der Waals surface area contributed by atoms with Crippen molar-refractivity contribution in [2.24, 2.45) is 7.05 Å². The van der Waals surface area contributed by atoms with E-state index in [4.69, 9.17) is 4.74 Å². The average molecular weight is 357 g/mol. The van der Waals surface area contributed by atoms with Gasteiger partial charge in [0.25, 0.3) is 0 Å². The molecule has 0 fully saturated rings. The Morgan fingerprint density at radius 3 is 2.92 bits per heavy atom. The van der Waals surface area contributed by atoms with Crippen LogP contribution < -0.4 is 4.74 Å². The van der Waals surface area contributed by atoms with Gasteiger partial charge in [-0.1, -0.05) is 30.0 Å². The second-order valence-electron chi connectivity index (χ2n) is 5.53. The van der Waals surface area contributed by atoms with E-state index in [1.807, 2.05) is 31.3 Å². The first kappa shape index (κ1) is 17.2. The van der Waals surface area contributed by atoms with Crippen molar-refractivity contribution in [1.82, 2.24) is 24.6 Å². The first-order chi connectivity index (χ1) is 12.1. The highest BCUT2D eigenvalue weighted by Gasteiger charge is 2.14. The van der Waals surface area contributed by atoms with Crippen LogP contribution in [0.3, 0.4) is 0 Å². The highest BCUT2D eigenvalue weighted by Crippen LogP contribution is 2.24. The molecule has 8 heteroatoms. The summed E-state index contributed by atoms with van der Waals surface area (Å²) in [5.74, 6) is 1.10. The molecular formula is C17H19N5O2S. The number of rotatable bonds is 6. The smallest absolute Gasteiger partial charge is 0.233 e.